The van der Waals surface area contributed by atoms with Crippen LogP contribution in [-0.2, 0) is 11.2 Å². The van der Waals surface area contributed by atoms with Crippen molar-refractivity contribution in [2.45, 2.75) is 33.6 Å². The van der Waals surface area contributed by atoms with Crippen molar-refractivity contribution in [3.05, 3.63) is 47.3 Å². The molecule has 2 heterocycles. The van der Waals surface area contributed by atoms with E-state index in [0.717, 1.165) is 42.1 Å². The van der Waals surface area contributed by atoms with E-state index >= 15 is 0 Å². The van der Waals surface area contributed by atoms with Gasteiger partial charge in [-0.25, -0.2) is 4.68 Å². The second-order valence-corrected chi connectivity index (χ2v) is 7.15. The number of carbonyl (C=O) groups is 1. The molecule has 5 heteroatoms. The van der Waals surface area contributed by atoms with E-state index in [0.29, 0.717) is 13.0 Å². The molecule has 24 heavy (non-hydrogen) atoms. The van der Waals surface area contributed by atoms with Crippen LogP contribution in [0.25, 0.3) is 5.69 Å². The molecule has 1 saturated heterocycles. The molecule has 1 fully saturated rings. The lowest BCUT2D eigenvalue weighted by Gasteiger charge is -2.22. The number of amides is 1. The highest BCUT2D eigenvalue weighted by Crippen LogP contribution is 2.29. The number of carbonyl (C=O) groups excluding carboxylic acids is 1. The number of likely N-dealkylation sites (tertiary alicyclic amines) is 1. The summed E-state index contributed by atoms with van der Waals surface area (Å²) in [4.78, 5) is 14.7. The fourth-order valence-electron chi connectivity index (χ4n) is 3.42. The van der Waals surface area contributed by atoms with Gasteiger partial charge in [-0.05, 0) is 44.4 Å². The van der Waals surface area contributed by atoms with Crippen molar-refractivity contribution in [2.24, 2.45) is 11.1 Å². The molecule has 0 aliphatic carbocycles. The first-order chi connectivity index (χ1) is 11.4. The number of benzene rings is 1. The number of aromatic nitrogens is 2. The highest BCUT2D eigenvalue weighted by atomic mass is 16.2. The Balaban J connectivity index is 1.79. The van der Waals surface area contributed by atoms with Gasteiger partial charge in [0.1, 0.15) is 0 Å². The second kappa shape index (κ2) is 6.40. The monoisotopic (exact) mass is 326 g/mol. The van der Waals surface area contributed by atoms with Crippen LogP contribution in [0.15, 0.2) is 30.3 Å². The van der Waals surface area contributed by atoms with Gasteiger partial charge in [0.15, 0.2) is 0 Å². The minimum Gasteiger partial charge on any atom is -0.342 e. The molecule has 2 N–H and O–H groups in total. The summed E-state index contributed by atoms with van der Waals surface area (Å²) < 4.78 is 1.92. The molecule has 0 saturated carbocycles. The van der Waals surface area contributed by atoms with E-state index in [1.165, 1.54) is 0 Å². The van der Waals surface area contributed by atoms with Gasteiger partial charge in [-0.3, -0.25) is 4.79 Å². The van der Waals surface area contributed by atoms with E-state index < -0.39 is 0 Å². The molecular formula is C19H26N4O. The number of rotatable bonds is 4. The van der Waals surface area contributed by atoms with Gasteiger partial charge in [0, 0.05) is 24.3 Å². The van der Waals surface area contributed by atoms with Crippen LogP contribution in [-0.4, -0.2) is 40.2 Å². The Morgan fingerprint density at radius 1 is 1.29 bits per heavy atom. The van der Waals surface area contributed by atoms with Gasteiger partial charge in [-0.1, -0.05) is 25.1 Å². The van der Waals surface area contributed by atoms with Crippen LogP contribution in [0.2, 0.25) is 0 Å². The predicted octanol–water partition coefficient (Wildman–Crippen LogP) is 2.23. The Morgan fingerprint density at radius 3 is 2.62 bits per heavy atom. The van der Waals surface area contributed by atoms with Gasteiger partial charge < -0.3 is 10.6 Å². The smallest absolute Gasteiger partial charge is 0.227 e. The third-order valence-electron chi connectivity index (χ3n) is 5.17. The number of hydrogen-bond acceptors (Lipinski definition) is 3. The lowest BCUT2D eigenvalue weighted by molar-refractivity contribution is -0.129. The highest BCUT2D eigenvalue weighted by molar-refractivity contribution is 5.79. The molecule has 1 unspecified atom stereocenters. The minimum atomic E-state index is 0.0635. The molecule has 1 atom stereocenters. The van der Waals surface area contributed by atoms with Crippen molar-refractivity contribution < 1.29 is 4.79 Å². The van der Waals surface area contributed by atoms with Gasteiger partial charge >= 0.3 is 0 Å². The molecule has 3 rings (SSSR count). The quantitative estimate of drug-likeness (QED) is 0.937. The van der Waals surface area contributed by atoms with Gasteiger partial charge in [0.05, 0.1) is 17.8 Å². The van der Waals surface area contributed by atoms with Crippen molar-refractivity contribution in [3.63, 3.8) is 0 Å². The lowest BCUT2D eigenvalue weighted by atomic mass is 9.90. The lowest BCUT2D eigenvalue weighted by Crippen LogP contribution is -2.35. The molecule has 0 bridgehead atoms. The van der Waals surface area contributed by atoms with E-state index in [4.69, 9.17) is 5.73 Å². The largest absolute Gasteiger partial charge is 0.342 e. The molecular weight excluding hydrogens is 300 g/mol. The molecule has 2 aromatic rings. The zero-order chi connectivity index (χ0) is 17.3. The maximum absolute atomic E-state index is 12.7. The number of para-hydroxylation sites is 1. The van der Waals surface area contributed by atoms with Crippen LogP contribution in [0, 0.1) is 19.3 Å². The Labute approximate surface area is 143 Å². The minimum absolute atomic E-state index is 0.0635. The third kappa shape index (κ3) is 3.08. The SMILES string of the molecule is Cc1nn(-c2ccccc2)c(C)c1CC(=O)N1CCC(C)(CN)C1. The molecule has 5 nitrogen and oxygen atoms in total. The van der Waals surface area contributed by atoms with Gasteiger partial charge in [0.2, 0.25) is 5.91 Å². The predicted molar refractivity (Wildman–Crippen MR) is 95.1 cm³/mol. The van der Waals surface area contributed by atoms with Crippen molar-refractivity contribution in [1.29, 1.82) is 0 Å². The van der Waals surface area contributed by atoms with Crippen LogP contribution >= 0.6 is 0 Å². The Hall–Kier alpha value is -2.14. The summed E-state index contributed by atoms with van der Waals surface area (Å²) in [6, 6.07) is 10.0. The zero-order valence-corrected chi connectivity index (χ0v) is 14.7. The molecule has 1 aromatic carbocycles. The fourth-order valence-corrected chi connectivity index (χ4v) is 3.42. The second-order valence-electron chi connectivity index (χ2n) is 7.15. The maximum atomic E-state index is 12.7. The summed E-state index contributed by atoms with van der Waals surface area (Å²) >= 11 is 0. The van der Waals surface area contributed by atoms with E-state index in [1.807, 2.05) is 53.8 Å². The van der Waals surface area contributed by atoms with Crippen LogP contribution in [0.3, 0.4) is 0 Å². The summed E-state index contributed by atoms with van der Waals surface area (Å²) in [6.45, 7) is 8.35. The fraction of sp³-hybridized carbons (Fsp3) is 0.474. The van der Waals surface area contributed by atoms with Crippen molar-refractivity contribution >= 4 is 5.91 Å². The van der Waals surface area contributed by atoms with Gasteiger partial charge in [-0.2, -0.15) is 5.10 Å². The van der Waals surface area contributed by atoms with Crippen molar-refractivity contribution in [1.82, 2.24) is 14.7 Å². The zero-order valence-electron chi connectivity index (χ0n) is 14.7. The molecule has 1 aromatic heterocycles. The summed E-state index contributed by atoms with van der Waals surface area (Å²) in [6.07, 6.45) is 1.39. The first kappa shape index (κ1) is 16.7. The van der Waals surface area contributed by atoms with Gasteiger partial charge in [0.25, 0.3) is 0 Å². The van der Waals surface area contributed by atoms with E-state index in [9.17, 15) is 4.79 Å². The average molecular weight is 326 g/mol. The normalized spacial score (nSPS) is 20.6. The van der Waals surface area contributed by atoms with Gasteiger partial charge in [-0.15, -0.1) is 0 Å². The molecule has 1 aliphatic rings. The first-order valence-electron chi connectivity index (χ1n) is 8.52. The number of nitrogens with zero attached hydrogens (tertiary/aromatic N) is 3. The molecule has 1 aliphatic heterocycles. The molecule has 128 valence electrons. The van der Waals surface area contributed by atoms with Crippen LogP contribution in [0.5, 0.6) is 0 Å². The molecule has 0 spiro atoms. The number of hydrogen-bond donors (Lipinski definition) is 1. The molecule has 1 amide bonds. The Kier molecular flexibility index (Phi) is 4.45. The van der Waals surface area contributed by atoms with Crippen LogP contribution < -0.4 is 5.73 Å². The topological polar surface area (TPSA) is 64.2 Å². The van der Waals surface area contributed by atoms with E-state index in [2.05, 4.69) is 12.0 Å². The number of nitrogens with two attached hydrogens (primary N) is 1. The highest BCUT2D eigenvalue weighted by Gasteiger charge is 2.35. The molecule has 0 radical (unpaired) electrons. The third-order valence-corrected chi connectivity index (χ3v) is 5.17. The Morgan fingerprint density at radius 2 is 2.00 bits per heavy atom. The summed E-state index contributed by atoms with van der Waals surface area (Å²) in [7, 11) is 0. The maximum Gasteiger partial charge on any atom is 0.227 e. The average Bonchev–Trinajstić information content (AvgIpc) is 3.12. The number of aryl methyl sites for hydroxylation is 1. The van der Waals surface area contributed by atoms with Crippen LogP contribution in [0.4, 0.5) is 0 Å². The standard InChI is InChI=1S/C19H26N4O/c1-14-17(11-18(24)22-10-9-19(3,12-20)13-22)15(2)23(21-14)16-7-5-4-6-8-16/h4-8H,9-13,20H2,1-3H3. The van der Waals surface area contributed by atoms with Crippen molar-refractivity contribution in [2.75, 3.05) is 19.6 Å². The van der Waals surface area contributed by atoms with Crippen LogP contribution in [0.1, 0.15) is 30.3 Å². The van der Waals surface area contributed by atoms with E-state index in [-0.39, 0.29) is 11.3 Å². The van der Waals surface area contributed by atoms with Crippen molar-refractivity contribution in [3.8, 4) is 5.69 Å². The van der Waals surface area contributed by atoms with E-state index in [1.54, 1.807) is 0 Å². The summed E-state index contributed by atoms with van der Waals surface area (Å²) in [5, 5.41) is 4.63. The Bertz CT molecular complexity index is 737. The summed E-state index contributed by atoms with van der Waals surface area (Å²) in [5.41, 5.74) is 9.92. The summed E-state index contributed by atoms with van der Waals surface area (Å²) in [5.74, 6) is 0.172. The first-order valence-corrected chi connectivity index (χ1v) is 8.52.